The van der Waals surface area contributed by atoms with Crippen LogP contribution in [0.25, 0.3) is 0 Å². The SMILES string of the molecule is CCC(On1c(=O)c(C)cn(COC)c1=O)P(=O)(O)O. The molecule has 114 valence electrons. The van der Waals surface area contributed by atoms with Crippen LogP contribution in [0.3, 0.4) is 0 Å². The van der Waals surface area contributed by atoms with Crippen molar-refractivity contribution in [3.05, 3.63) is 32.6 Å². The van der Waals surface area contributed by atoms with Gasteiger partial charge < -0.3 is 19.4 Å². The fraction of sp³-hybridized carbons (Fsp3) is 0.600. The van der Waals surface area contributed by atoms with E-state index in [4.69, 9.17) is 19.4 Å². The normalized spacial score (nSPS) is 13.2. The first kappa shape index (κ1) is 16.6. The van der Waals surface area contributed by atoms with Crippen LogP contribution in [-0.2, 0) is 16.0 Å². The predicted octanol–water partition coefficient (Wildman–Crippen LogP) is -0.735. The van der Waals surface area contributed by atoms with Gasteiger partial charge in [-0.05, 0) is 13.3 Å². The van der Waals surface area contributed by atoms with E-state index < -0.39 is 24.7 Å². The van der Waals surface area contributed by atoms with Gasteiger partial charge in [0.1, 0.15) is 6.73 Å². The number of aryl methyl sites for hydroxylation is 1. The van der Waals surface area contributed by atoms with E-state index in [0.717, 1.165) is 4.57 Å². The van der Waals surface area contributed by atoms with Crippen molar-refractivity contribution in [2.75, 3.05) is 7.11 Å². The summed E-state index contributed by atoms with van der Waals surface area (Å²) in [5, 5.41) is 0. The molecule has 0 aliphatic rings. The fourth-order valence-electron chi connectivity index (χ4n) is 1.53. The standard InChI is InChI=1S/C10H17N2O7P/c1-4-8(20(15,16)17)19-12-9(13)7(2)5-11(6-18-3)10(12)14/h5,8H,4,6H2,1-3H3,(H2,15,16,17). The molecule has 0 radical (unpaired) electrons. The third kappa shape index (κ3) is 3.57. The average Bonchev–Trinajstić information content (AvgIpc) is 2.35. The minimum absolute atomic E-state index is 0.0611. The first-order valence-corrected chi connectivity index (χ1v) is 7.45. The molecule has 0 amide bonds. The van der Waals surface area contributed by atoms with Gasteiger partial charge in [-0.2, -0.15) is 0 Å². The monoisotopic (exact) mass is 308 g/mol. The number of aromatic nitrogens is 2. The van der Waals surface area contributed by atoms with E-state index >= 15 is 0 Å². The van der Waals surface area contributed by atoms with Gasteiger partial charge in [0.05, 0.1) is 0 Å². The summed E-state index contributed by atoms with van der Waals surface area (Å²) in [7, 11) is -3.22. The predicted molar refractivity (Wildman–Crippen MR) is 69.4 cm³/mol. The van der Waals surface area contributed by atoms with Crippen LogP contribution in [0.5, 0.6) is 0 Å². The fourth-order valence-corrected chi connectivity index (χ4v) is 2.22. The number of rotatable bonds is 6. The molecule has 1 heterocycles. The Bertz CT molecular complexity index is 629. The van der Waals surface area contributed by atoms with Crippen LogP contribution in [0.15, 0.2) is 15.8 Å². The van der Waals surface area contributed by atoms with Gasteiger partial charge in [0.2, 0.25) is 5.85 Å². The second-order valence-corrected chi connectivity index (χ2v) is 5.89. The van der Waals surface area contributed by atoms with Crippen LogP contribution in [0.1, 0.15) is 18.9 Å². The number of nitrogens with zero attached hydrogens (tertiary/aromatic N) is 2. The highest BCUT2D eigenvalue weighted by Gasteiger charge is 2.31. The van der Waals surface area contributed by atoms with Crippen molar-refractivity contribution in [2.45, 2.75) is 32.8 Å². The average molecular weight is 308 g/mol. The summed E-state index contributed by atoms with van der Waals surface area (Å²) in [4.78, 5) is 46.9. The van der Waals surface area contributed by atoms with Crippen molar-refractivity contribution in [3.63, 3.8) is 0 Å². The van der Waals surface area contributed by atoms with Crippen LogP contribution in [-0.4, -0.2) is 32.0 Å². The van der Waals surface area contributed by atoms with Gasteiger partial charge in [-0.25, -0.2) is 4.79 Å². The molecule has 0 aromatic carbocycles. The number of hydrogen-bond donors (Lipinski definition) is 2. The molecule has 0 spiro atoms. The summed E-state index contributed by atoms with van der Waals surface area (Å²) in [6.07, 6.45) is 1.22. The van der Waals surface area contributed by atoms with Gasteiger partial charge in [0.15, 0.2) is 0 Å². The molecule has 20 heavy (non-hydrogen) atoms. The summed E-state index contributed by atoms with van der Waals surface area (Å²) in [6, 6.07) is 0. The zero-order valence-electron chi connectivity index (χ0n) is 11.3. The second-order valence-electron chi connectivity index (χ2n) is 4.14. The van der Waals surface area contributed by atoms with E-state index in [-0.39, 0.29) is 18.7 Å². The smallest absolute Gasteiger partial charge is 0.368 e. The van der Waals surface area contributed by atoms with Crippen molar-refractivity contribution >= 4 is 7.60 Å². The maximum atomic E-state index is 12.0. The molecule has 1 unspecified atom stereocenters. The Morgan fingerprint density at radius 1 is 1.40 bits per heavy atom. The molecule has 0 fully saturated rings. The molecule has 1 aromatic heterocycles. The Balaban J connectivity index is 3.34. The van der Waals surface area contributed by atoms with Crippen LogP contribution in [0.2, 0.25) is 0 Å². The first-order valence-electron chi connectivity index (χ1n) is 5.76. The van der Waals surface area contributed by atoms with Crippen LogP contribution < -0.4 is 16.1 Å². The van der Waals surface area contributed by atoms with Crippen molar-refractivity contribution in [1.82, 2.24) is 9.30 Å². The lowest BCUT2D eigenvalue weighted by molar-refractivity contribution is 0.0396. The number of methoxy groups -OCH3 is 1. The van der Waals surface area contributed by atoms with Gasteiger partial charge in [0.25, 0.3) is 5.56 Å². The van der Waals surface area contributed by atoms with Crippen LogP contribution in [0.4, 0.5) is 0 Å². The molecule has 2 N–H and O–H groups in total. The molecule has 1 rings (SSSR count). The minimum Gasteiger partial charge on any atom is -0.390 e. The largest absolute Gasteiger partial charge is 0.390 e. The molecular weight excluding hydrogens is 291 g/mol. The maximum absolute atomic E-state index is 12.0. The van der Waals surface area contributed by atoms with Crippen molar-refractivity contribution in [2.24, 2.45) is 0 Å². The third-order valence-corrected chi connectivity index (χ3v) is 3.72. The second kappa shape index (κ2) is 6.36. The highest BCUT2D eigenvalue weighted by atomic mass is 31.2. The lowest BCUT2D eigenvalue weighted by atomic mass is 10.4. The minimum atomic E-state index is -4.59. The number of hydrogen-bond acceptors (Lipinski definition) is 5. The summed E-state index contributed by atoms with van der Waals surface area (Å²) in [5.74, 6) is -1.56. The number of ether oxygens (including phenoxy) is 1. The van der Waals surface area contributed by atoms with E-state index in [1.54, 1.807) is 0 Å². The van der Waals surface area contributed by atoms with Crippen molar-refractivity contribution < 1.29 is 23.9 Å². The van der Waals surface area contributed by atoms with Gasteiger partial charge in [-0.15, -0.1) is 0 Å². The topological polar surface area (TPSA) is 120 Å². The lowest BCUT2D eigenvalue weighted by Crippen LogP contribution is -2.47. The van der Waals surface area contributed by atoms with E-state index in [1.165, 1.54) is 27.2 Å². The summed E-state index contributed by atoms with van der Waals surface area (Å²) >= 11 is 0. The highest BCUT2D eigenvalue weighted by molar-refractivity contribution is 7.52. The first-order chi connectivity index (χ1) is 9.22. The third-order valence-electron chi connectivity index (χ3n) is 2.51. The molecule has 0 saturated carbocycles. The molecule has 0 aliphatic carbocycles. The maximum Gasteiger partial charge on any atom is 0.368 e. The zero-order chi connectivity index (χ0) is 15.5. The molecule has 9 nitrogen and oxygen atoms in total. The molecule has 0 bridgehead atoms. The molecule has 1 atom stereocenters. The van der Waals surface area contributed by atoms with Gasteiger partial charge in [0, 0.05) is 18.9 Å². The summed E-state index contributed by atoms with van der Waals surface area (Å²) in [6.45, 7) is 2.81. The van der Waals surface area contributed by atoms with Crippen LogP contribution in [0, 0.1) is 6.92 Å². The lowest BCUT2D eigenvalue weighted by Gasteiger charge is -2.19. The highest BCUT2D eigenvalue weighted by Crippen LogP contribution is 2.41. The Labute approximate surface area is 114 Å². The summed E-state index contributed by atoms with van der Waals surface area (Å²) < 4.78 is 17.4. The van der Waals surface area contributed by atoms with Gasteiger partial charge in [-0.1, -0.05) is 11.7 Å². The molecule has 10 heteroatoms. The van der Waals surface area contributed by atoms with Crippen molar-refractivity contribution in [1.29, 1.82) is 0 Å². The summed E-state index contributed by atoms with van der Waals surface area (Å²) in [5.41, 5.74) is -1.45. The Hall–Kier alpha value is -1.41. The van der Waals surface area contributed by atoms with Crippen LogP contribution >= 0.6 is 7.60 Å². The van der Waals surface area contributed by atoms with Crippen molar-refractivity contribution in [3.8, 4) is 0 Å². The van der Waals surface area contributed by atoms with E-state index in [1.807, 2.05) is 0 Å². The molecule has 1 aromatic rings. The Kier molecular flexibility index (Phi) is 5.29. The zero-order valence-corrected chi connectivity index (χ0v) is 12.2. The van der Waals surface area contributed by atoms with Gasteiger partial charge in [-0.3, -0.25) is 13.9 Å². The van der Waals surface area contributed by atoms with E-state index in [2.05, 4.69) is 0 Å². The molecule has 0 saturated heterocycles. The van der Waals surface area contributed by atoms with Gasteiger partial charge >= 0.3 is 13.3 Å². The Morgan fingerprint density at radius 3 is 2.45 bits per heavy atom. The van der Waals surface area contributed by atoms with E-state index in [9.17, 15) is 14.2 Å². The molecule has 0 aliphatic heterocycles. The Morgan fingerprint density at radius 2 is 2.00 bits per heavy atom. The molecular formula is C10H17N2O7P. The van der Waals surface area contributed by atoms with E-state index in [0.29, 0.717) is 4.73 Å². The quantitative estimate of drug-likeness (QED) is 0.664.